The molecule has 23 heavy (non-hydrogen) atoms. The van der Waals surface area contributed by atoms with E-state index in [4.69, 9.17) is 5.73 Å². The maximum Gasteiger partial charge on any atom is 0.100 e. The lowest BCUT2D eigenvalue weighted by Crippen LogP contribution is -2.44. The van der Waals surface area contributed by atoms with Crippen LogP contribution in [0.3, 0.4) is 0 Å². The van der Waals surface area contributed by atoms with E-state index in [2.05, 4.69) is 44.6 Å². The molecule has 0 spiro atoms. The van der Waals surface area contributed by atoms with Crippen LogP contribution in [0.4, 0.5) is 11.4 Å². The summed E-state index contributed by atoms with van der Waals surface area (Å²) in [4.78, 5) is 9.33. The van der Waals surface area contributed by atoms with Crippen LogP contribution in [0, 0.1) is 0 Å². The highest BCUT2D eigenvalue weighted by atomic mass is 15.2. The zero-order valence-electron chi connectivity index (χ0n) is 13.3. The molecule has 0 atom stereocenters. The molecule has 0 radical (unpaired) electrons. The molecule has 2 N–H and O–H groups in total. The number of piperazine rings is 1. The molecule has 1 aliphatic rings. The van der Waals surface area contributed by atoms with Crippen molar-refractivity contribution < 1.29 is 0 Å². The number of fused-ring (bicyclic) bond motifs is 1. The minimum absolute atomic E-state index is 0.774. The van der Waals surface area contributed by atoms with Crippen LogP contribution in [-0.2, 0) is 0 Å². The SMILES string of the molecule is CN1CCN(c2ccc3ncn(-c4ccc(N)cc4)c3c2)CC1. The van der Waals surface area contributed by atoms with Gasteiger partial charge in [0.2, 0.25) is 0 Å². The Morgan fingerprint density at radius 3 is 2.35 bits per heavy atom. The standard InChI is InChI=1S/C18H21N5/c1-21-8-10-22(11-9-21)16-6-7-17-18(12-16)23(13-20-17)15-4-2-14(19)3-5-15/h2-7,12-13H,8-11,19H2,1H3. The fraction of sp³-hybridized carbons (Fsp3) is 0.278. The molecular formula is C18H21N5. The molecule has 0 aliphatic carbocycles. The van der Waals surface area contributed by atoms with Crippen LogP contribution in [0.15, 0.2) is 48.8 Å². The molecule has 0 bridgehead atoms. The Labute approximate surface area is 135 Å². The van der Waals surface area contributed by atoms with Crippen molar-refractivity contribution >= 4 is 22.4 Å². The van der Waals surface area contributed by atoms with E-state index in [1.54, 1.807) is 0 Å². The third-order valence-corrected chi connectivity index (χ3v) is 4.57. The Hall–Kier alpha value is -2.53. The molecule has 1 fully saturated rings. The van der Waals surface area contributed by atoms with Gasteiger partial charge in [-0.3, -0.25) is 4.57 Å². The number of nitrogens with two attached hydrogens (primary N) is 1. The number of anilines is 2. The first-order valence-corrected chi connectivity index (χ1v) is 7.97. The average Bonchev–Trinajstić information content (AvgIpc) is 2.99. The van der Waals surface area contributed by atoms with Crippen LogP contribution >= 0.6 is 0 Å². The molecule has 2 heterocycles. The summed E-state index contributed by atoms with van der Waals surface area (Å²) in [6.45, 7) is 4.35. The molecule has 0 amide bonds. The Morgan fingerprint density at radius 1 is 0.913 bits per heavy atom. The Bertz CT molecular complexity index is 813. The van der Waals surface area contributed by atoms with E-state index in [-0.39, 0.29) is 0 Å². The van der Waals surface area contributed by atoms with Crippen molar-refractivity contribution in [2.75, 3.05) is 43.9 Å². The second-order valence-electron chi connectivity index (χ2n) is 6.17. The van der Waals surface area contributed by atoms with E-state index in [1.165, 1.54) is 5.69 Å². The fourth-order valence-corrected chi connectivity index (χ4v) is 3.10. The lowest BCUT2D eigenvalue weighted by atomic mass is 10.2. The van der Waals surface area contributed by atoms with Crippen molar-refractivity contribution in [3.05, 3.63) is 48.8 Å². The molecule has 5 heteroatoms. The zero-order chi connectivity index (χ0) is 15.8. The van der Waals surface area contributed by atoms with Crippen LogP contribution < -0.4 is 10.6 Å². The molecule has 1 aromatic heterocycles. The molecule has 2 aromatic carbocycles. The number of imidazole rings is 1. The first-order chi connectivity index (χ1) is 11.2. The Morgan fingerprint density at radius 2 is 1.61 bits per heavy atom. The van der Waals surface area contributed by atoms with Gasteiger partial charge in [-0.05, 0) is 49.5 Å². The van der Waals surface area contributed by atoms with E-state index in [0.717, 1.165) is 48.6 Å². The van der Waals surface area contributed by atoms with Crippen LogP contribution in [0.25, 0.3) is 16.7 Å². The molecule has 118 valence electrons. The third-order valence-electron chi connectivity index (χ3n) is 4.57. The van der Waals surface area contributed by atoms with Crippen LogP contribution in [0.2, 0.25) is 0 Å². The van der Waals surface area contributed by atoms with Gasteiger partial charge in [0.1, 0.15) is 6.33 Å². The van der Waals surface area contributed by atoms with E-state index >= 15 is 0 Å². The van der Waals surface area contributed by atoms with Gasteiger partial charge in [0.05, 0.1) is 11.0 Å². The van der Waals surface area contributed by atoms with Gasteiger partial charge in [-0.25, -0.2) is 4.98 Å². The van der Waals surface area contributed by atoms with Gasteiger partial charge >= 0.3 is 0 Å². The predicted molar refractivity (Wildman–Crippen MR) is 95.2 cm³/mol. The highest BCUT2D eigenvalue weighted by Gasteiger charge is 2.15. The van der Waals surface area contributed by atoms with Gasteiger partial charge in [-0.15, -0.1) is 0 Å². The monoisotopic (exact) mass is 307 g/mol. The molecule has 1 aliphatic heterocycles. The van der Waals surface area contributed by atoms with Crippen molar-refractivity contribution in [2.24, 2.45) is 0 Å². The smallest absolute Gasteiger partial charge is 0.100 e. The molecule has 1 saturated heterocycles. The minimum Gasteiger partial charge on any atom is -0.399 e. The van der Waals surface area contributed by atoms with Crippen molar-refractivity contribution in [1.29, 1.82) is 0 Å². The summed E-state index contributed by atoms with van der Waals surface area (Å²) in [5.41, 5.74) is 11.1. The summed E-state index contributed by atoms with van der Waals surface area (Å²) in [5, 5.41) is 0. The van der Waals surface area contributed by atoms with Gasteiger partial charge in [0.15, 0.2) is 0 Å². The van der Waals surface area contributed by atoms with Gasteiger partial charge in [-0.1, -0.05) is 0 Å². The Balaban J connectivity index is 1.73. The lowest BCUT2D eigenvalue weighted by molar-refractivity contribution is 0.313. The second-order valence-corrected chi connectivity index (χ2v) is 6.17. The molecule has 4 rings (SSSR count). The van der Waals surface area contributed by atoms with Gasteiger partial charge < -0.3 is 15.5 Å². The van der Waals surface area contributed by atoms with Gasteiger partial charge in [-0.2, -0.15) is 0 Å². The van der Waals surface area contributed by atoms with Crippen molar-refractivity contribution in [2.45, 2.75) is 0 Å². The van der Waals surface area contributed by atoms with Crippen molar-refractivity contribution in [3.63, 3.8) is 0 Å². The number of benzene rings is 2. The topological polar surface area (TPSA) is 50.3 Å². The zero-order valence-corrected chi connectivity index (χ0v) is 13.3. The van der Waals surface area contributed by atoms with Crippen molar-refractivity contribution in [3.8, 4) is 5.69 Å². The summed E-state index contributed by atoms with van der Waals surface area (Å²) >= 11 is 0. The van der Waals surface area contributed by atoms with Crippen LogP contribution in [-0.4, -0.2) is 47.7 Å². The number of nitrogens with zero attached hydrogens (tertiary/aromatic N) is 4. The molecule has 5 nitrogen and oxygen atoms in total. The lowest BCUT2D eigenvalue weighted by Gasteiger charge is -2.34. The largest absolute Gasteiger partial charge is 0.399 e. The second kappa shape index (κ2) is 5.59. The minimum atomic E-state index is 0.774. The normalized spacial score (nSPS) is 16.1. The summed E-state index contributed by atoms with van der Waals surface area (Å²) in [7, 11) is 2.18. The number of hydrogen-bond donors (Lipinski definition) is 1. The first-order valence-electron chi connectivity index (χ1n) is 7.97. The molecule has 0 saturated carbocycles. The summed E-state index contributed by atoms with van der Waals surface area (Å²) in [6, 6.07) is 14.4. The van der Waals surface area contributed by atoms with E-state index < -0.39 is 0 Å². The maximum absolute atomic E-state index is 5.79. The first kappa shape index (κ1) is 14.1. The fourth-order valence-electron chi connectivity index (χ4n) is 3.10. The third kappa shape index (κ3) is 2.64. The van der Waals surface area contributed by atoms with Gasteiger partial charge in [0, 0.05) is 43.2 Å². The summed E-state index contributed by atoms with van der Waals surface area (Å²) < 4.78 is 2.12. The van der Waals surface area contributed by atoms with E-state index in [9.17, 15) is 0 Å². The predicted octanol–water partition coefficient (Wildman–Crippen LogP) is 2.36. The maximum atomic E-state index is 5.79. The Kier molecular flexibility index (Phi) is 3.42. The van der Waals surface area contributed by atoms with Crippen LogP contribution in [0.1, 0.15) is 0 Å². The summed E-state index contributed by atoms with van der Waals surface area (Å²) in [5.74, 6) is 0. The highest BCUT2D eigenvalue weighted by molar-refractivity contribution is 5.81. The highest BCUT2D eigenvalue weighted by Crippen LogP contribution is 2.25. The number of nitrogen functional groups attached to an aromatic ring is 1. The number of likely N-dealkylation sites (N-methyl/N-ethyl adjacent to an activating group) is 1. The van der Waals surface area contributed by atoms with E-state index in [1.807, 2.05) is 30.6 Å². The molecule has 0 unspecified atom stereocenters. The average molecular weight is 307 g/mol. The number of aromatic nitrogens is 2. The number of hydrogen-bond acceptors (Lipinski definition) is 4. The summed E-state index contributed by atoms with van der Waals surface area (Å²) in [6.07, 6.45) is 1.88. The quantitative estimate of drug-likeness (QED) is 0.739. The molecular weight excluding hydrogens is 286 g/mol. The van der Waals surface area contributed by atoms with Crippen molar-refractivity contribution in [1.82, 2.24) is 14.5 Å². The number of rotatable bonds is 2. The molecule has 3 aromatic rings. The van der Waals surface area contributed by atoms with E-state index in [0.29, 0.717) is 0 Å². The van der Waals surface area contributed by atoms with Gasteiger partial charge in [0.25, 0.3) is 0 Å². The van der Waals surface area contributed by atoms with Crippen LogP contribution in [0.5, 0.6) is 0 Å².